The Hall–Kier alpha value is -1.52. The second-order valence-electron chi connectivity index (χ2n) is 6.90. The summed E-state index contributed by atoms with van der Waals surface area (Å²) in [6.45, 7) is 14.5. The number of guanidine groups is 1. The van der Waals surface area contributed by atoms with Gasteiger partial charge in [0.2, 0.25) is 0 Å². The summed E-state index contributed by atoms with van der Waals surface area (Å²) in [7, 11) is 0. The van der Waals surface area contributed by atoms with Gasteiger partial charge in [-0.1, -0.05) is 40.5 Å². The fourth-order valence-corrected chi connectivity index (χ4v) is 2.43. The largest absolute Gasteiger partial charge is 0.357 e. The number of unbranched alkanes of at least 4 members (excludes halogenated alkanes) is 1. The van der Waals surface area contributed by atoms with Crippen molar-refractivity contribution in [1.29, 1.82) is 0 Å². The zero-order chi connectivity index (χ0) is 17.1. The molecule has 0 aliphatic heterocycles. The maximum atomic E-state index is 4.67. The number of imidazole rings is 1. The van der Waals surface area contributed by atoms with Gasteiger partial charge in [-0.3, -0.25) is 0 Å². The van der Waals surface area contributed by atoms with E-state index >= 15 is 0 Å². The van der Waals surface area contributed by atoms with Crippen molar-refractivity contribution in [3.05, 3.63) is 18.2 Å². The average molecular weight is 322 g/mol. The van der Waals surface area contributed by atoms with E-state index in [4.69, 9.17) is 0 Å². The van der Waals surface area contributed by atoms with E-state index < -0.39 is 0 Å². The number of nitrogens with one attached hydrogen (secondary N) is 2. The van der Waals surface area contributed by atoms with Crippen LogP contribution in [-0.4, -0.2) is 28.6 Å². The Bertz CT molecular complexity index is 448. The van der Waals surface area contributed by atoms with Crippen molar-refractivity contribution in [2.45, 2.75) is 67.0 Å². The molecule has 0 fully saturated rings. The Kier molecular flexibility index (Phi) is 9.41. The molecule has 0 aromatic carbocycles. The van der Waals surface area contributed by atoms with Crippen LogP contribution in [0.2, 0.25) is 0 Å². The third kappa shape index (κ3) is 8.62. The second kappa shape index (κ2) is 11.1. The molecule has 0 atom stereocenters. The summed E-state index contributed by atoms with van der Waals surface area (Å²) in [5.74, 6) is 3.31. The number of nitrogens with zero attached hydrogens (tertiary/aromatic N) is 3. The van der Waals surface area contributed by atoms with Crippen LogP contribution in [0.15, 0.2) is 17.4 Å². The van der Waals surface area contributed by atoms with E-state index in [9.17, 15) is 0 Å². The molecule has 1 heterocycles. The maximum absolute atomic E-state index is 4.67. The molecule has 23 heavy (non-hydrogen) atoms. The summed E-state index contributed by atoms with van der Waals surface area (Å²) in [4.78, 5) is 9.10. The van der Waals surface area contributed by atoms with Gasteiger partial charge in [-0.15, -0.1) is 0 Å². The van der Waals surface area contributed by atoms with Gasteiger partial charge in [-0.05, 0) is 25.2 Å². The highest BCUT2D eigenvalue weighted by Gasteiger charge is 2.05. The lowest BCUT2D eigenvalue weighted by Crippen LogP contribution is -2.37. The molecule has 1 aromatic rings. The Morgan fingerprint density at radius 2 is 1.96 bits per heavy atom. The zero-order valence-corrected chi connectivity index (χ0v) is 15.6. The minimum atomic E-state index is 0.610. The summed E-state index contributed by atoms with van der Waals surface area (Å²) in [6, 6.07) is 0. The molecule has 0 aliphatic carbocycles. The normalized spacial score (nSPS) is 12.2. The highest BCUT2D eigenvalue weighted by molar-refractivity contribution is 5.79. The van der Waals surface area contributed by atoms with Gasteiger partial charge in [0.15, 0.2) is 5.96 Å². The number of aromatic nitrogens is 2. The minimum absolute atomic E-state index is 0.610. The molecule has 5 nitrogen and oxygen atoms in total. The lowest BCUT2D eigenvalue weighted by molar-refractivity contribution is 0.507. The van der Waals surface area contributed by atoms with Gasteiger partial charge in [0.1, 0.15) is 12.4 Å². The van der Waals surface area contributed by atoms with Crippen molar-refractivity contribution in [3.8, 4) is 0 Å². The smallest absolute Gasteiger partial charge is 0.191 e. The van der Waals surface area contributed by atoms with Gasteiger partial charge in [0.05, 0.1) is 0 Å². The van der Waals surface area contributed by atoms with Gasteiger partial charge >= 0.3 is 0 Å². The van der Waals surface area contributed by atoms with Crippen LogP contribution < -0.4 is 10.6 Å². The fourth-order valence-electron chi connectivity index (χ4n) is 2.43. The quantitative estimate of drug-likeness (QED) is 0.394. The first-order valence-corrected chi connectivity index (χ1v) is 9.05. The van der Waals surface area contributed by atoms with Crippen LogP contribution >= 0.6 is 0 Å². The minimum Gasteiger partial charge on any atom is -0.357 e. The van der Waals surface area contributed by atoms with E-state index in [2.05, 4.69) is 59.8 Å². The number of rotatable bonds is 10. The Labute approximate surface area is 142 Å². The SMILES string of the molecule is CCNC(=NCc1nccn1CC(C)C)NCCCCC(C)C. The first-order valence-electron chi connectivity index (χ1n) is 9.05. The molecule has 0 spiro atoms. The Morgan fingerprint density at radius 3 is 2.61 bits per heavy atom. The Morgan fingerprint density at radius 1 is 1.17 bits per heavy atom. The van der Waals surface area contributed by atoms with E-state index in [-0.39, 0.29) is 0 Å². The topological polar surface area (TPSA) is 54.2 Å². The molecule has 0 radical (unpaired) electrons. The summed E-state index contributed by atoms with van der Waals surface area (Å²) in [5.41, 5.74) is 0. The standard InChI is InChI=1S/C18H35N5/c1-6-19-18(21-10-8-7-9-15(2)3)22-13-17-20-11-12-23(17)14-16(4)5/h11-12,15-16H,6-10,13-14H2,1-5H3,(H2,19,21,22). The monoisotopic (exact) mass is 321 g/mol. The van der Waals surface area contributed by atoms with E-state index in [0.29, 0.717) is 12.5 Å². The van der Waals surface area contributed by atoms with Crippen LogP contribution in [0.1, 0.15) is 59.7 Å². The molecule has 1 aromatic heterocycles. The third-order valence-electron chi connectivity index (χ3n) is 3.59. The average Bonchev–Trinajstić information content (AvgIpc) is 2.90. The first-order chi connectivity index (χ1) is 11.0. The molecule has 0 saturated heterocycles. The van der Waals surface area contributed by atoms with Crippen LogP contribution in [0.5, 0.6) is 0 Å². The predicted octanol–water partition coefficient (Wildman–Crippen LogP) is 3.42. The van der Waals surface area contributed by atoms with Crippen molar-refractivity contribution in [2.24, 2.45) is 16.8 Å². The Balaban J connectivity index is 2.46. The third-order valence-corrected chi connectivity index (χ3v) is 3.59. The van der Waals surface area contributed by atoms with Crippen molar-refractivity contribution < 1.29 is 0 Å². The van der Waals surface area contributed by atoms with Crippen LogP contribution in [0, 0.1) is 11.8 Å². The van der Waals surface area contributed by atoms with Crippen LogP contribution in [0.25, 0.3) is 0 Å². The molecule has 0 unspecified atom stereocenters. The molecule has 132 valence electrons. The van der Waals surface area contributed by atoms with Crippen molar-refractivity contribution >= 4 is 5.96 Å². The van der Waals surface area contributed by atoms with Gasteiger partial charge in [-0.25, -0.2) is 9.98 Å². The van der Waals surface area contributed by atoms with E-state index in [0.717, 1.165) is 37.3 Å². The predicted molar refractivity (Wildman–Crippen MR) is 98.6 cm³/mol. The summed E-state index contributed by atoms with van der Waals surface area (Å²) in [6.07, 6.45) is 7.64. The molecule has 0 bridgehead atoms. The van der Waals surface area contributed by atoms with Crippen molar-refractivity contribution in [1.82, 2.24) is 20.2 Å². The summed E-state index contributed by atoms with van der Waals surface area (Å²) in [5, 5.41) is 6.73. The lowest BCUT2D eigenvalue weighted by Gasteiger charge is -2.12. The summed E-state index contributed by atoms with van der Waals surface area (Å²) >= 11 is 0. The highest BCUT2D eigenvalue weighted by Crippen LogP contribution is 2.06. The maximum Gasteiger partial charge on any atom is 0.191 e. The van der Waals surface area contributed by atoms with Crippen LogP contribution in [0.3, 0.4) is 0 Å². The molecular formula is C18H35N5. The van der Waals surface area contributed by atoms with E-state index in [1.807, 2.05) is 12.4 Å². The second-order valence-corrected chi connectivity index (χ2v) is 6.90. The fraction of sp³-hybridized carbons (Fsp3) is 0.778. The molecule has 2 N–H and O–H groups in total. The van der Waals surface area contributed by atoms with Gasteiger partial charge in [0, 0.05) is 32.0 Å². The zero-order valence-electron chi connectivity index (χ0n) is 15.6. The molecule has 5 heteroatoms. The number of hydrogen-bond donors (Lipinski definition) is 2. The highest BCUT2D eigenvalue weighted by atomic mass is 15.2. The summed E-state index contributed by atoms with van der Waals surface area (Å²) < 4.78 is 2.19. The molecule has 0 saturated carbocycles. The van der Waals surface area contributed by atoms with Gasteiger partial charge in [-0.2, -0.15) is 0 Å². The van der Waals surface area contributed by atoms with Crippen LogP contribution in [-0.2, 0) is 13.1 Å². The van der Waals surface area contributed by atoms with Crippen LogP contribution in [0.4, 0.5) is 0 Å². The van der Waals surface area contributed by atoms with Crippen molar-refractivity contribution in [2.75, 3.05) is 13.1 Å². The molecule has 0 amide bonds. The number of hydrogen-bond acceptors (Lipinski definition) is 2. The van der Waals surface area contributed by atoms with E-state index in [1.165, 1.54) is 19.3 Å². The van der Waals surface area contributed by atoms with Crippen molar-refractivity contribution in [3.63, 3.8) is 0 Å². The van der Waals surface area contributed by atoms with E-state index in [1.54, 1.807) is 0 Å². The first kappa shape index (κ1) is 19.5. The lowest BCUT2D eigenvalue weighted by atomic mass is 10.1. The number of aliphatic imine (C=N–C) groups is 1. The van der Waals surface area contributed by atoms with Gasteiger partial charge < -0.3 is 15.2 Å². The molecule has 1 rings (SSSR count). The van der Waals surface area contributed by atoms with Gasteiger partial charge in [0.25, 0.3) is 0 Å². The molecular weight excluding hydrogens is 286 g/mol. The molecule has 0 aliphatic rings.